The largest absolute Gasteiger partial charge is 0.511 e. The minimum Gasteiger partial charge on any atom is -0.511 e. The zero-order chi connectivity index (χ0) is 16.1. The Hall–Kier alpha value is -2.60. The predicted octanol–water partition coefficient (Wildman–Crippen LogP) is 4.35. The molecule has 0 aromatic heterocycles. The van der Waals surface area contributed by atoms with E-state index in [9.17, 15) is 15.2 Å². The van der Waals surface area contributed by atoms with Crippen molar-refractivity contribution in [2.45, 2.75) is 25.7 Å². The van der Waals surface area contributed by atoms with E-state index in [0.29, 0.717) is 11.1 Å². The van der Waals surface area contributed by atoms with E-state index in [1.54, 1.807) is 6.07 Å². The first-order chi connectivity index (χ1) is 11.1. The minimum atomic E-state index is -0.677. The summed E-state index contributed by atoms with van der Waals surface area (Å²) in [5.41, 5.74) is 4.59. The van der Waals surface area contributed by atoms with Crippen molar-refractivity contribution < 1.29 is 9.90 Å². The number of benzene rings is 1. The molecule has 1 N–H and O–H groups in total. The second-order valence-corrected chi connectivity index (χ2v) is 6.47. The molecule has 0 heterocycles. The lowest BCUT2D eigenvalue weighted by Crippen LogP contribution is -2.37. The molecule has 1 saturated carbocycles. The fourth-order valence-corrected chi connectivity index (χ4v) is 4.29. The molecule has 0 amide bonds. The lowest BCUT2D eigenvalue weighted by molar-refractivity contribution is 0.0882. The molecular weight excluding hydrogens is 286 g/mol. The topological polar surface area (TPSA) is 61.1 Å². The number of nitrogens with zero attached hydrogens (tertiary/aromatic N) is 1. The maximum atomic E-state index is 13.0. The highest BCUT2D eigenvalue weighted by Gasteiger charge is 2.47. The summed E-state index contributed by atoms with van der Waals surface area (Å²) in [6.07, 6.45) is 3.56. The second kappa shape index (κ2) is 4.96. The summed E-state index contributed by atoms with van der Waals surface area (Å²) in [5.74, 6) is -1.02. The molecule has 2 unspecified atom stereocenters. The zero-order valence-electron chi connectivity index (χ0n) is 12.8. The second-order valence-electron chi connectivity index (χ2n) is 6.47. The Morgan fingerprint density at radius 3 is 2.43 bits per heavy atom. The third-order valence-corrected chi connectivity index (χ3v) is 5.36. The van der Waals surface area contributed by atoms with Crippen LogP contribution in [0.1, 0.15) is 41.6 Å². The lowest BCUT2D eigenvalue weighted by atomic mass is 9.62. The molecule has 4 rings (SSSR count). The fourth-order valence-electron chi connectivity index (χ4n) is 4.29. The maximum absolute atomic E-state index is 13.0. The molecule has 0 aliphatic heterocycles. The molecule has 0 saturated heterocycles. The van der Waals surface area contributed by atoms with E-state index < -0.39 is 11.8 Å². The molecule has 2 atom stereocenters. The van der Waals surface area contributed by atoms with Crippen LogP contribution in [0.3, 0.4) is 0 Å². The molecule has 3 aliphatic rings. The molecule has 1 aromatic carbocycles. The van der Waals surface area contributed by atoms with Crippen LogP contribution >= 0.6 is 0 Å². The van der Waals surface area contributed by atoms with E-state index in [1.807, 2.05) is 18.2 Å². The minimum absolute atomic E-state index is 0.0969. The highest BCUT2D eigenvalue weighted by atomic mass is 16.3. The van der Waals surface area contributed by atoms with Crippen molar-refractivity contribution in [3.05, 3.63) is 64.4 Å². The van der Waals surface area contributed by atoms with E-state index in [4.69, 9.17) is 0 Å². The van der Waals surface area contributed by atoms with Gasteiger partial charge >= 0.3 is 0 Å². The van der Waals surface area contributed by atoms with Crippen molar-refractivity contribution in [3.8, 4) is 6.07 Å². The summed E-state index contributed by atoms with van der Waals surface area (Å²) in [4.78, 5) is 13.0. The van der Waals surface area contributed by atoms with E-state index in [-0.39, 0.29) is 11.5 Å². The van der Waals surface area contributed by atoms with Gasteiger partial charge in [0.2, 0.25) is 0 Å². The highest BCUT2D eigenvalue weighted by Crippen LogP contribution is 2.51. The van der Waals surface area contributed by atoms with E-state index >= 15 is 0 Å². The number of aliphatic hydroxyl groups excluding tert-OH is 1. The van der Waals surface area contributed by atoms with Gasteiger partial charge in [-0.15, -0.1) is 0 Å². The normalized spacial score (nSPS) is 26.4. The standard InChI is InChI=1S/C20H17NO2/c1-11-12-6-2-4-8-14(12)19(22)18-17(11)16(10-21)13-7-3-5-9-15(13)20(18)23/h2,4,6,8,17-18,23H,1,3,5,7,9H2. The number of ketones is 1. The van der Waals surface area contributed by atoms with Crippen LogP contribution in [-0.4, -0.2) is 10.9 Å². The number of rotatable bonds is 0. The van der Waals surface area contributed by atoms with Crippen molar-refractivity contribution in [2.75, 3.05) is 0 Å². The van der Waals surface area contributed by atoms with Gasteiger partial charge in [0.05, 0.1) is 12.0 Å². The maximum Gasteiger partial charge on any atom is 0.175 e. The number of fused-ring (bicyclic) bond motifs is 3. The highest BCUT2D eigenvalue weighted by molar-refractivity contribution is 6.08. The molecule has 1 aromatic rings. The molecule has 23 heavy (non-hydrogen) atoms. The third kappa shape index (κ3) is 1.78. The van der Waals surface area contributed by atoms with Crippen molar-refractivity contribution in [1.82, 2.24) is 0 Å². The molecular formula is C20H17NO2. The summed E-state index contributed by atoms with van der Waals surface area (Å²) in [7, 11) is 0. The van der Waals surface area contributed by atoms with E-state index in [1.165, 1.54) is 0 Å². The van der Waals surface area contributed by atoms with Gasteiger partial charge in [-0.05, 0) is 48.0 Å². The van der Waals surface area contributed by atoms with Crippen LogP contribution in [0, 0.1) is 23.2 Å². The Kier molecular flexibility index (Phi) is 3.02. The van der Waals surface area contributed by atoms with Crippen molar-refractivity contribution in [1.29, 1.82) is 5.26 Å². The molecule has 114 valence electrons. The van der Waals surface area contributed by atoms with Crippen LogP contribution in [0.5, 0.6) is 0 Å². The van der Waals surface area contributed by atoms with Gasteiger partial charge in [-0.1, -0.05) is 30.8 Å². The van der Waals surface area contributed by atoms with Crippen LogP contribution in [-0.2, 0) is 0 Å². The van der Waals surface area contributed by atoms with Gasteiger partial charge in [-0.2, -0.15) is 5.26 Å². The van der Waals surface area contributed by atoms with Crippen LogP contribution in [0.15, 0.2) is 53.3 Å². The first-order valence-corrected chi connectivity index (χ1v) is 8.03. The first kappa shape index (κ1) is 14.0. The zero-order valence-corrected chi connectivity index (χ0v) is 12.8. The molecule has 0 spiro atoms. The van der Waals surface area contributed by atoms with Crippen LogP contribution in [0.4, 0.5) is 0 Å². The summed E-state index contributed by atoms with van der Waals surface area (Å²) in [6, 6.07) is 9.68. The van der Waals surface area contributed by atoms with E-state index in [0.717, 1.165) is 48.0 Å². The number of Topliss-reactive ketones (excluding diaryl/α,β-unsaturated/α-hetero) is 1. The Morgan fingerprint density at radius 1 is 1.09 bits per heavy atom. The van der Waals surface area contributed by atoms with Gasteiger partial charge < -0.3 is 5.11 Å². The third-order valence-electron chi connectivity index (χ3n) is 5.36. The first-order valence-electron chi connectivity index (χ1n) is 8.03. The number of carbonyl (C=O) groups is 1. The Balaban J connectivity index is 1.99. The Bertz CT molecular complexity index is 851. The number of hydrogen-bond donors (Lipinski definition) is 1. The average molecular weight is 303 g/mol. The average Bonchev–Trinajstić information content (AvgIpc) is 2.59. The summed E-state index contributed by atoms with van der Waals surface area (Å²) in [6.45, 7) is 4.17. The number of carbonyl (C=O) groups excluding carboxylic acids is 1. The van der Waals surface area contributed by atoms with Crippen LogP contribution in [0.2, 0.25) is 0 Å². The smallest absolute Gasteiger partial charge is 0.175 e. The number of allylic oxidation sites excluding steroid dienone is 5. The summed E-state index contributed by atoms with van der Waals surface area (Å²) >= 11 is 0. The van der Waals surface area contributed by atoms with Gasteiger partial charge in [-0.3, -0.25) is 4.79 Å². The molecule has 0 radical (unpaired) electrons. The van der Waals surface area contributed by atoms with Crippen LogP contribution < -0.4 is 0 Å². The lowest BCUT2D eigenvalue weighted by Gasteiger charge is -2.39. The van der Waals surface area contributed by atoms with Gasteiger partial charge in [0.1, 0.15) is 5.76 Å². The van der Waals surface area contributed by atoms with Crippen molar-refractivity contribution in [2.24, 2.45) is 11.8 Å². The van der Waals surface area contributed by atoms with Crippen molar-refractivity contribution in [3.63, 3.8) is 0 Å². The molecule has 1 fully saturated rings. The SMILES string of the molecule is C=C1c2ccccc2C(=O)C2C(O)=C3CCCCC3=C(C#N)C12. The van der Waals surface area contributed by atoms with Crippen molar-refractivity contribution >= 4 is 11.4 Å². The predicted molar refractivity (Wildman–Crippen MR) is 87.5 cm³/mol. The number of aliphatic hydroxyl groups is 1. The number of hydrogen-bond acceptors (Lipinski definition) is 3. The number of nitriles is 1. The molecule has 3 nitrogen and oxygen atoms in total. The summed E-state index contributed by atoms with van der Waals surface area (Å²) in [5, 5.41) is 20.5. The van der Waals surface area contributed by atoms with Crippen LogP contribution in [0.25, 0.3) is 5.57 Å². The van der Waals surface area contributed by atoms with E-state index in [2.05, 4.69) is 12.6 Å². The molecule has 3 aliphatic carbocycles. The summed E-state index contributed by atoms with van der Waals surface area (Å²) < 4.78 is 0. The fraction of sp³-hybridized carbons (Fsp3) is 0.300. The molecule has 3 heteroatoms. The molecule has 0 bridgehead atoms. The van der Waals surface area contributed by atoms with Gasteiger partial charge in [0, 0.05) is 17.1 Å². The monoisotopic (exact) mass is 303 g/mol. The quantitative estimate of drug-likeness (QED) is 0.775. The Labute approximate surface area is 135 Å². The van der Waals surface area contributed by atoms with Gasteiger partial charge in [0.25, 0.3) is 0 Å². The Morgan fingerprint density at radius 2 is 1.74 bits per heavy atom. The van der Waals surface area contributed by atoms with Gasteiger partial charge in [0.15, 0.2) is 5.78 Å². The van der Waals surface area contributed by atoms with Gasteiger partial charge in [-0.25, -0.2) is 0 Å².